The molecular weight excluding hydrogens is 273 g/mol. The summed E-state index contributed by atoms with van der Waals surface area (Å²) in [5, 5.41) is 3.60. The van der Waals surface area contributed by atoms with E-state index >= 15 is 0 Å². The summed E-state index contributed by atoms with van der Waals surface area (Å²) in [6, 6.07) is 13.0. The fourth-order valence-corrected chi connectivity index (χ4v) is 2.61. The van der Waals surface area contributed by atoms with Crippen LogP contribution in [0.15, 0.2) is 42.5 Å². The summed E-state index contributed by atoms with van der Waals surface area (Å²) in [6.07, 6.45) is 2.14. The average molecular weight is 292 g/mol. The van der Waals surface area contributed by atoms with Gasteiger partial charge in [0.1, 0.15) is 5.82 Å². The molecule has 0 amide bonds. The highest BCUT2D eigenvalue weighted by Gasteiger charge is 2.16. The van der Waals surface area contributed by atoms with E-state index in [4.69, 9.17) is 11.6 Å². The molecule has 0 saturated heterocycles. The second-order valence-corrected chi connectivity index (χ2v) is 5.32. The van der Waals surface area contributed by atoms with E-state index in [0.717, 1.165) is 18.4 Å². The highest BCUT2D eigenvalue weighted by Crippen LogP contribution is 2.27. The third-order valence-electron chi connectivity index (χ3n) is 3.39. The monoisotopic (exact) mass is 291 g/mol. The Kier molecular flexibility index (Phi) is 5.16. The summed E-state index contributed by atoms with van der Waals surface area (Å²) in [5.74, 6) is -0.280. The molecule has 3 heteroatoms. The minimum atomic E-state index is -0.280. The average Bonchev–Trinajstić information content (AvgIpc) is 2.43. The van der Waals surface area contributed by atoms with E-state index in [1.165, 1.54) is 11.6 Å². The lowest BCUT2D eigenvalue weighted by molar-refractivity contribution is 0.576. The van der Waals surface area contributed by atoms with Crippen LogP contribution in [-0.4, -0.2) is 7.05 Å². The van der Waals surface area contributed by atoms with Crippen molar-refractivity contribution in [1.82, 2.24) is 5.32 Å². The van der Waals surface area contributed by atoms with Crippen molar-refractivity contribution in [3.05, 3.63) is 70.0 Å². The summed E-state index contributed by atoms with van der Waals surface area (Å²) in [4.78, 5) is 0. The molecule has 2 rings (SSSR count). The number of rotatable bonds is 5. The van der Waals surface area contributed by atoms with Gasteiger partial charge in [0.15, 0.2) is 0 Å². The summed E-state index contributed by atoms with van der Waals surface area (Å²) < 4.78 is 14.1. The predicted molar refractivity (Wildman–Crippen MR) is 82.7 cm³/mol. The number of halogens is 2. The van der Waals surface area contributed by atoms with Crippen molar-refractivity contribution in [3.63, 3.8) is 0 Å². The molecule has 0 aromatic heterocycles. The van der Waals surface area contributed by atoms with Crippen molar-refractivity contribution < 1.29 is 4.39 Å². The molecule has 20 heavy (non-hydrogen) atoms. The topological polar surface area (TPSA) is 12.0 Å². The maximum Gasteiger partial charge on any atom is 0.129 e. The van der Waals surface area contributed by atoms with Gasteiger partial charge >= 0.3 is 0 Å². The fourth-order valence-electron chi connectivity index (χ4n) is 2.45. The van der Waals surface area contributed by atoms with E-state index in [2.05, 4.69) is 24.4 Å². The van der Waals surface area contributed by atoms with Crippen LogP contribution in [0.25, 0.3) is 0 Å². The molecule has 1 nitrogen and oxygen atoms in total. The lowest BCUT2D eigenvalue weighted by Crippen LogP contribution is -2.19. The quantitative estimate of drug-likeness (QED) is 0.839. The molecule has 0 aliphatic heterocycles. The third-order valence-corrected chi connectivity index (χ3v) is 3.62. The first-order chi connectivity index (χ1) is 9.65. The zero-order chi connectivity index (χ0) is 14.5. The molecule has 0 spiro atoms. The minimum Gasteiger partial charge on any atom is -0.309 e. The van der Waals surface area contributed by atoms with E-state index in [9.17, 15) is 4.39 Å². The standard InChI is InChI=1S/C17H19ClFN/c1-3-5-12-6-4-7-13(10-12)17(20-2)15-9-8-14(18)11-16(15)19/h4,6-11,17,20H,3,5H2,1-2H3. The number of nitrogens with one attached hydrogen (secondary N) is 1. The molecule has 0 heterocycles. The number of hydrogen-bond acceptors (Lipinski definition) is 1. The maximum atomic E-state index is 14.1. The molecule has 106 valence electrons. The van der Waals surface area contributed by atoms with E-state index in [1.54, 1.807) is 12.1 Å². The maximum absolute atomic E-state index is 14.1. The van der Waals surface area contributed by atoms with Gasteiger partial charge in [-0.3, -0.25) is 0 Å². The van der Waals surface area contributed by atoms with Crippen LogP contribution in [0.5, 0.6) is 0 Å². The van der Waals surface area contributed by atoms with Gasteiger partial charge in [0.2, 0.25) is 0 Å². The van der Waals surface area contributed by atoms with Gasteiger partial charge in [-0.05, 0) is 36.7 Å². The van der Waals surface area contributed by atoms with Crippen molar-refractivity contribution in [3.8, 4) is 0 Å². The van der Waals surface area contributed by atoms with Gasteiger partial charge in [-0.25, -0.2) is 4.39 Å². The van der Waals surface area contributed by atoms with Gasteiger partial charge in [-0.2, -0.15) is 0 Å². The van der Waals surface area contributed by atoms with Crippen LogP contribution >= 0.6 is 11.6 Å². The highest BCUT2D eigenvalue weighted by atomic mass is 35.5. The molecule has 1 N–H and O–H groups in total. The van der Waals surface area contributed by atoms with Gasteiger partial charge in [-0.1, -0.05) is 55.3 Å². The molecule has 0 aliphatic rings. The molecule has 0 saturated carbocycles. The van der Waals surface area contributed by atoms with Crippen molar-refractivity contribution in [1.29, 1.82) is 0 Å². The number of hydrogen-bond donors (Lipinski definition) is 1. The molecule has 0 aliphatic carbocycles. The molecule has 2 aromatic carbocycles. The van der Waals surface area contributed by atoms with Gasteiger partial charge in [0.25, 0.3) is 0 Å². The Balaban J connectivity index is 2.38. The Morgan fingerprint density at radius 2 is 2.00 bits per heavy atom. The van der Waals surface area contributed by atoms with E-state index in [-0.39, 0.29) is 11.9 Å². The van der Waals surface area contributed by atoms with E-state index in [1.807, 2.05) is 19.2 Å². The van der Waals surface area contributed by atoms with Crippen molar-refractivity contribution in [2.75, 3.05) is 7.05 Å². The van der Waals surface area contributed by atoms with Crippen molar-refractivity contribution in [2.45, 2.75) is 25.8 Å². The molecule has 2 aromatic rings. The Morgan fingerprint density at radius 3 is 2.65 bits per heavy atom. The largest absolute Gasteiger partial charge is 0.309 e. The Labute approximate surface area is 124 Å². The molecule has 1 atom stereocenters. The van der Waals surface area contributed by atoms with Crippen LogP contribution in [0.2, 0.25) is 5.02 Å². The fraction of sp³-hybridized carbons (Fsp3) is 0.294. The summed E-state index contributed by atoms with van der Waals surface area (Å²) in [7, 11) is 1.84. The molecule has 1 unspecified atom stereocenters. The molecular formula is C17H19ClFN. The van der Waals surface area contributed by atoms with E-state index < -0.39 is 0 Å². The zero-order valence-corrected chi connectivity index (χ0v) is 12.5. The normalized spacial score (nSPS) is 12.4. The van der Waals surface area contributed by atoms with Crippen molar-refractivity contribution in [2.24, 2.45) is 0 Å². The third kappa shape index (κ3) is 3.38. The molecule has 0 radical (unpaired) electrons. The first kappa shape index (κ1) is 15.0. The van der Waals surface area contributed by atoms with Crippen LogP contribution in [0.4, 0.5) is 4.39 Å². The SMILES string of the molecule is CCCc1cccc(C(NC)c2ccc(Cl)cc2F)c1. The van der Waals surface area contributed by atoms with Crippen molar-refractivity contribution >= 4 is 11.6 Å². The second-order valence-electron chi connectivity index (χ2n) is 4.88. The van der Waals surface area contributed by atoms with Crippen LogP contribution in [0.1, 0.15) is 36.1 Å². The van der Waals surface area contributed by atoms with Crippen LogP contribution in [0, 0.1) is 5.82 Å². The Hall–Kier alpha value is -1.38. The minimum absolute atomic E-state index is 0.163. The smallest absolute Gasteiger partial charge is 0.129 e. The first-order valence-electron chi connectivity index (χ1n) is 6.86. The van der Waals surface area contributed by atoms with Crippen LogP contribution in [0.3, 0.4) is 0 Å². The van der Waals surface area contributed by atoms with Gasteiger partial charge in [-0.15, -0.1) is 0 Å². The molecule has 0 bridgehead atoms. The number of aryl methyl sites for hydroxylation is 1. The van der Waals surface area contributed by atoms with E-state index in [0.29, 0.717) is 10.6 Å². The lowest BCUT2D eigenvalue weighted by atomic mass is 9.96. The Bertz CT molecular complexity index is 583. The van der Waals surface area contributed by atoms with Crippen LogP contribution < -0.4 is 5.32 Å². The van der Waals surface area contributed by atoms with Gasteiger partial charge < -0.3 is 5.32 Å². The second kappa shape index (κ2) is 6.87. The number of benzene rings is 2. The first-order valence-corrected chi connectivity index (χ1v) is 7.24. The molecule has 0 fully saturated rings. The summed E-state index contributed by atoms with van der Waals surface area (Å²) in [6.45, 7) is 2.15. The lowest BCUT2D eigenvalue weighted by Gasteiger charge is -2.19. The highest BCUT2D eigenvalue weighted by molar-refractivity contribution is 6.30. The van der Waals surface area contributed by atoms with Crippen LogP contribution in [-0.2, 0) is 6.42 Å². The van der Waals surface area contributed by atoms with Gasteiger partial charge in [0.05, 0.1) is 6.04 Å². The Morgan fingerprint density at radius 1 is 1.20 bits per heavy atom. The summed E-state index contributed by atoms with van der Waals surface area (Å²) in [5.41, 5.74) is 2.96. The summed E-state index contributed by atoms with van der Waals surface area (Å²) >= 11 is 5.82. The zero-order valence-electron chi connectivity index (χ0n) is 11.8. The van der Waals surface area contributed by atoms with Gasteiger partial charge in [0, 0.05) is 10.6 Å². The predicted octanol–water partition coefficient (Wildman–Crippen LogP) is 4.74.